The summed E-state index contributed by atoms with van der Waals surface area (Å²) in [7, 11) is 1.98. The number of fused-ring (bicyclic) bond motifs is 3. The molecule has 4 rings (SSSR count). The zero-order valence-electron chi connectivity index (χ0n) is 13.7. The highest BCUT2D eigenvalue weighted by molar-refractivity contribution is 6.06. The Labute approximate surface area is 138 Å². The summed E-state index contributed by atoms with van der Waals surface area (Å²) >= 11 is 0. The van der Waals surface area contributed by atoms with Gasteiger partial charge in [0, 0.05) is 29.7 Å². The van der Waals surface area contributed by atoms with E-state index in [1.807, 2.05) is 49.9 Å². The summed E-state index contributed by atoms with van der Waals surface area (Å²) in [5.74, 6) is -1.24. The maximum Gasteiger partial charge on any atom is 0.212 e. The second-order valence-electron chi connectivity index (χ2n) is 6.23. The van der Waals surface area contributed by atoms with Crippen LogP contribution in [0.4, 0.5) is 8.78 Å². The van der Waals surface area contributed by atoms with E-state index in [2.05, 4.69) is 6.07 Å². The molecule has 4 heteroatoms. The molecule has 0 saturated carbocycles. The van der Waals surface area contributed by atoms with E-state index in [-0.39, 0.29) is 5.58 Å². The van der Waals surface area contributed by atoms with Gasteiger partial charge in [0.25, 0.3) is 0 Å². The molecule has 0 aliphatic carbocycles. The van der Waals surface area contributed by atoms with E-state index in [1.54, 1.807) is 0 Å². The Morgan fingerprint density at radius 1 is 0.958 bits per heavy atom. The minimum Gasteiger partial charge on any atom is -0.456 e. The third kappa shape index (κ3) is 2.18. The van der Waals surface area contributed by atoms with Crippen LogP contribution in [0, 0.1) is 25.5 Å². The lowest BCUT2D eigenvalue weighted by Crippen LogP contribution is -2.30. The third-order valence-electron chi connectivity index (χ3n) is 4.42. The monoisotopic (exact) mass is 324 g/mol. The fourth-order valence-corrected chi connectivity index (χ4v) is 3.20. The molecule has 2 aromatic heterocycles. The SMILES string of the molecule is Cc1cc[n+](C)c(-c2cc3oc4cc(F)cc(F)c4c3cc2C)c1. The third-order valence-corrected chi connectivity index (χ3v) is 4.42. The van der Waals surface area contributed by atoms with Gasteiger partial charge in [-0.3, -0.25) is 0 Å². The first-order valence-corrected chi connectivity index (χ1v) is 7.72. The Hall–Kier alpha value is -2.75. The van der Waals surface area contributed by atoms with Crippen molar-refractivity contribution in [3.8, 4) is 11.3 Å². The van der Waals surface area contributed by atoms with Crippen molar-refractivity contribution in [1.82, 2.24) is 0 Å². The van der Waals surface area contributed by atoms with E-state index >= 15 is 0 Å². The molecule has 4 aromatic rings. The molecule has 0 amide bonds. The lowest BCUT2D eigenvalue weighted by molar-refractivity contribution is -0.660. The first-order valence-electron chi connectivity index (χ1n) is 7.72. The van der Waals surface area contributed by atoms with Crippen LogP contribution < -0.4 is 4.57 Å². The van der Waals surface area contributed by atoms with Crippen LogP contribution in [0.15, 0.2) is 47.0 Å². The molecule has 0 aliphatic heterocycles. The average Bonchev–Trinajstić information content (AvgIpc) is 2.86. The van der Waals surface area contributed by atoms with Gasteiger partial charge in [-0.2, -0.15) is 0 Å². The molecule has 0 spiro atoms. The molecule has 0 N–H and O–H groups in total. The zero-order valence-corrected chi connectivity index (χ0v) is 13.7. The van der Waals surface area contributed by atoms with Gasteiger partial charge >= 0.3 is 0 Å². The Kier molecular flexibility index (Phi) is 3.17. The standard InChI is InChI=1S/C20H16F2NO/c1-11-4-5-23(3)17(6-11)14-10-18-15(7-12(14)2)20-16(22)8-13(21)9-19(20)24-18/h4-10H,1-3H3/q+1. The van der Waals surface area contributed by atoms with E-state index in [4.69, 9.17) is 4.42 Å². The first kappa shape index (κ1) is 14.8. The molecular formula is C20H16F2NO+. The maximum absolute atomic E-state index is 14.2. The molecule has 24 heavy (non-hydrogen) atoms. The van der Waals surface area contributed by atoms with E-state index < -0.39 is 11.6 Å². The van der Waals surface area contributed by atoms with Crippen LogP contribution in [0.1, 0.15) is 11.1 Å². The highest BCUT2D eigenvalue weighted by atomic mass is 19.1. The summed E-state index contributed by atoms with van der Waals surface area (Å²) in [6.07, 6.45) is 2.00. The molecule has 2 heterocycles. The van der Waals surface area contributed by atoms with Gasteiger partial charge in [-0.05, 0) is 37.1 Å². The molecule has 2 nitrogen and oxygen atoms in total. The van der Waals surface area contributed by atoms with Gasteiger partial charge in [0.1, 0.15) is 29.8 Å². The smallest absolute Gasteiger partial charge is 0.212 e. The molecule has 0 fully saturated rings. The predicted octanol–water partition coefficient (Wildman–Crippen LogP) is 4.97. The molecular weight excluding hydrogens is 308 g/mol. The molecule has 0 aliphatic rings. The van der Waals surface area contributed by atoms with Crippen LogP contribution in [-0.2, 0) is 7.05 Å². The van der Waals surface area contributed by atoms with E-state index in [1.165, 1.54) is 6.07 Å². The van der Waals surface area contributed by atoms with Crippen molar-refractivity contribution in [2.24, 2.45) is 7.05 Å². The number of nitrogens with zero attached hydrogens (tertiary/aromatic N) is 1. The van der Waals surface area contributed by atoms with Crippen LogP contribution in [0.25, 0.3) is 33.2 Å². The van der Waals surface area contributed by atoms with Crippen LogP contribution in [0.2, 0.25) is 0 Å². The van der Waals surface area contributed by atoms with Crippen LogP contribution in [0.5, 0.6) is 0 Å². The second-order valence-corrected chi connectivity index (χ2v) is 6.23. The van der Waals surface area contributed by atoms with E-state index in [0.29, 0.717) is 16.4 Å². The molecule has 0 unspecified atom stereocenters. The molecule has 0 saturated heterocycles. The summed E-state index contributed by atoms with van der Waals surface area (Å²) in [4.78, 5) is 0. The van der Waals surface area contributed by atoms with Crippen molar-refractivity contribution in [2.75, 3.05) is 0 Å². The Morgan fingerprint density at radius 2 is 1.75 bits per heavy atom. The minimum absolute atomic E-state index is 0.229. The normalized spacial score (nSPS) is 11.5. The topological polar surface area (TPSA) is 17.0 Å². The number of rotatable bonds is 1. The van der Waals surface area contributed by atoms with Crippen LogP contribution in [-0.4, -0.2) is 0 Å². The lowest BCUT2D eigenvalue weighted by Gasteiger charge is -2.05. The van der Waals surface area contributed by atoms with Gasteiger partial charge in [-0.1, -0.05) is 0 Å². The Balaban J connectivity index is 2.06. The van der Waals surface area contributed by atoms with Crippen molar-refractivity contribution in [2.45, 2.75) is 13.8 Å². The van der Waals surface area contributed by atoms with Gasteiger partial charge in [-0.25, -0.2) is 13.3 Å². The fraction of sp³-hybridized carbons (Fsp3) is 0.150. The average molecular weight is 324 g/mol. The van der Waals surface area contributed by atoms with E-state index in [0.717, 1.165) is 28.5 Å². The Morgan fingerprint density at radius 3 is 2.54 bits per heavy atom. The molecule has 0 radical (unpaired) electrons. The second kappa shape index (κ2) is 5.13. The van der Waals surface area contributed by atoms with Gasteiger partial charge in [0.05, 0.1) is 10.9 Å². The van der Waals surface area contributed by atoms with Gasteiger partial charge in [0.15, 0.2) is 6.20 Å². The maximum atomic E-state index is 14.2. The number of furan rings is 1. The highest BCUT2D eigenvalue weighted by Gasteiger charge is 2.18. The lowest BCUT2D eigenvalue weighted by atomic mass is 10.0. The van der Waals surface area contributed by atoms with Crippen molar-refractivity contribution in [3.63, 3.8) is 0 Å². The summed E-state index contributed by atoms with van der Waals surface area (Å²) in [6.45, 7) is 4.02. The first-order chi connectivity index (χ1) is 11.4. The van der Waals surface area contributed by atoms with Gasteiger partial charge in [-0.15, -0.1) is 0 Å². The molecule has 0 bridgehead atoms. The predicted molar refractivity (Wildman–Crippen MR) is 89.7 cm³/mol. The number of halogens is 2. The number of hydrogen-bond acceptors (Lipinski definition) is 1. The number of aryl methyl sites for hydroxylation is 3. The number of benzene rings is 2. The van der Waals surface area contributed by atoms with Crippen LogP contribution in [0.3, 0.4) is 0 Å². The molecule has 2 aromatic carbocycles. The number of hydrogen-bond donors (Lipinski definition) is 0. The van der Waals surface area contributed by atoms with Gasteiger partial charge < -0.3 is 4.42 Å². The fourth-order valence-electron chi connectivity index (χ4n) is 3.20. The molecule has 0 atom stereocenters. The van der Waals surface area contributed by atoms with Crippen molar-refractivity contribution in [1.29, 1.82) is 0 Å². The minimum atomic E-state index is -0.638. The summed E-state index contributed by atoms with van der Waals surface area (Å²) < 4.78 is 35.4. The Bertz CT molecular complexity index is 1110. The van der Waals surface area contributed by atoms with Crippen LogP contribution >= 0.6 is 0 Å². The quantitative estimate of drug-likeness (QED) is 0.452. The van der Waals surface area contributed by atoms with E-state index in [9.17, 15) is 8.78 Å². The molecule has 120 valence electrons. The van der Waals surface area contributed by atoms with Crippen molar-refractivity contribution in [3.05, 3.63) is 65.4 Å². The largest absolute Gasteiger partial charge is 0.456 e. The summed E-state index contributed by atoms with van der Waals surface area (Å²) in [6, 6.07) is 10.0. The van der Waals surface area contributed by atoms with Crippen molar-refractivity contribution >= 4 is 21.9 Å². The summed E-state index contributed by atoms with van der Waals surface area (Å²) in [5, 5.41) is 0.994. The van der Waals surface area contributed by atoms with Gasteiger partial charge in [0.2, 0.25) is 5.69 Å². The summed E-state index contributed by atoms with van der Waals surface area (Å²) in [5.41, 5.74) is 5.00. The highest BCUT2D eigenvalue weighted by Crippen LogP contribution is 2.35. The zero-order chi connectivity index (χ0) is 17.0. The number of aromatic nitrogens is 1. The van der Waals surface area contributed by atoms with Crippen molar-refractivity contribution < 1.29 is 17.8 Å². The number of pyridine rings is 1.